The van der Waals surface area contributed by atoms with Crippen LogP contribution in [-0.2, 0) is 9.53 Å². The molecule has 1 amide bonds. The van der Waals surface area contributed by atoms with Crippen LogP contribution in [0.25, 0.3) is 0 Å². The third kappa shape index (κ3) is 3.40. The van der Waals surface area contributed by atoms with E-state index in [-0.39, 0.29) is 34.3 Å². The van der Waals surface area contributed by atoms with Gasteiger partial charge in [0, 0.05) is 13.6 Å². The average molecular weight is 293 g/mol. The minimum atomic E-state index is -0.398. The van der Waals surface area contributed by atoms with Crippen LogP contribution in [0.3, 0.4) is 0 Å². The van der Waals surface area contributed by atoms with Crippen molar-refractivity contribution in [2.24, 2.45) is 5.92 Å². The van der Waals surface area contributed by atoms with Crippen molar-refractivity contribution in [2.75, 3.05) is 20.7 Å². The highest BCUT2D eigenvalue weighted by atomic mass is 35.5. The van der Waals surface area contributed by atoms with Crippen molar-refractivity contribution in [2.45, 2.75) is 6.92 Å². The summed E-state index contributed by atoms with van der Waals surface area (Å²) < 4.78 is 4.59. The lowest BCUT2D eigenvalue weighted by Gasteiger charge is -2.19. The summed E-state index contributed by atoms with van der Waals surface area (Å²) >= 11 is 11.5. The van der Waals surface area contributed by atoms with Gasteiger partial charge >= 0.3 is 5.97 Å². The fourth-order valence-corrected chi connectivity index (χ4v) is 1.81. The molecule has 0 bridgehead atoms. The van der Waals surface area contributed by atoms with Crippen LogP contribution in [0.4, 0.5) is 0 Å². The smallest absolute Gasteiger partial charge is 0.310 e. The van der Waals surface area contributed by atoms with Gasteiger partial charge in [0.25, 0.3) is 5.91 Å². The van der Waals surface area contributed by atoms with Gasteiger partial charge < -0.3 is 14.6 Å². The van der Waals surface area contributed by atoms with E-state index in [0.29, 0.717) is 0 Å². The zero-order chi connectivity index (χ0) is 13.9. The van der Waals surface area contributed by atoms with Crippen molar-refractivity contribution >= 4 is 35.1 Å². The summed E-state index contributed by atoms with van der Waals surface area (Å²) in [6, 6.07) is 1.45. The van der Waals surface area contributed by atoms with E-state index in [1.165, 1.54) is 18.1 Å². The summed E-state index contributed by atoms with van der Waals surface area (Å²) in [6.45, 7) is 1.93. The lowest BCUT2D eigenvalue weighted by molar-refractivity contribution is -0.145. The second kappa shape index (κ2) is 6.11. The van der Waals surface area contributed by atoms with E-state index >= 15 is 0 Å². The molecule has 1 atom stereocenters. The number of methoxy groups -OCH3 is 1. The fourth-order valence-electron chi connectivity index (χ4n) is 1.49. The van der Waals surface area contributed by atoms with Crippen molar-refractivity contribution in [1.29, 1.82) is 0 Å². The summed E-state index contributed by atoms with van der Waals surface area (Å²) in [5, 5.41) is 0.504. The maximum atomic E-state index is 12.0. The fraction of sp³-hybridized carbons (Fsp3) is 0.455. The number of nitrogens with zero attached hydrogens (tertiary/aromatic N) is 1. The first-order chi connectivity index (χ1) is 8.36. The molecular weight excluding hydrogens is 279 g/mol. The summed E-state index contributed by atoms with van der Waals surface area (Å²) in [5.41, 5.74) is 0.282. The Labute approximate surface area is 115 Å². The number of ether oxygens (including phenoxy) is 1. The maximum absolute atomic E-state index is 12.0. The number of hydrogen-bond acceptors (Lipinski definition) is 3. The largest absolute Gasteiger partial charge is 0.469 e. The van der Waals surface area contributed by atoms with Crippen LogP contribution < -0.4 is 0 Å². The third-order valence-corrected chi connectivity index (χ3v) is 3.15. The standard InChI is InChI=1S/C11H14Cl2N2O3/c1-6(11(17)18-3)5-15(2)10(16)8-4-7(12)9(13)14-8/h4,6,14H,5H2,1-3H3. The molecule has 1 rings (SSSR count). The molecule has 0 saturated heterocycles. The van der Waals surface area contributed by atoms with Gasteiger partial charge in [-0.05, 0) is 6.07 Å². The van der Waals surface area contributed by atoms with Crippen LogP contribution >= 0.6 is 23.2 Å². The number of carbonyl (C=O) groups excluding carboxylic acids is 2. The molecule has 0 radical (unpaired) electrons. The van der Waals surface area contributed by atoms with E-state index in [9.17, 15) is 9.59 Å². The van der Waals surface area contributed by atoms with Crippen LogP contribution in [0.2, 0.25) is 10.2 Å². The number of amides is 1. The van der Waals surface area contributed by atoms with Crippen LogP contribution in [0.1, 0.15) is 17.4 Å². The average Bonchev–Trinajstić information content (AvgIpc) is 2.67. The van der Waals surface area contributed by atoms with Gasteiger partial charge in [-0.3, -0.25) is 9.59 Å². The van der Waals surface area contributed by atoms with Crippen molar-refractivity contribution in [1.82, 2.24) is 9.88 Å². The second-order valence-electron chi connectivity index (χ2n) is 3.95. The highest BCUT2D eigenvalue weighted by molar-refractivity contribution is 6.41. The molecular formula is C11H14Cl2N2O3. The van der Waals surface area contributed by atoms with Crippen molar-refractivity contribution < 1.29 is 14.3 Å². The number of esters is 1. The third-order valence-electron chi connectivity index (χ3n) is 2.45. The Morgan fingerprint density at radius 1 is 1.50 bits per heavy atom. The van der Waals surface area contributed by atoms with Gasteiger partial charge in [0.1, 0.15) is 10.8 Å². The van der Waals surface area contributed by atoms with E-state index in [0.717, 1.165) is 0 Å². The van der Waals surface area contributed by atoms with Gasteiger partial charge in [-0.1, -0.05) is 30.1 Å². The number of H-pyrrole nitrogens is 1. The number of aromatic nitrogens is 1. The van der Waals surface area contributed by atoms with Crippen molar-refractivity contribution in [3.05, 3.63) is 21.9 Å². The molecule has 0 aliphatic heterocycles. The Morgan fingerprint density at radius 2 is 2.11 bits per heavy atom. The van der Waals surface area contributed by atoms with E-state index in [1.807, 2.05) is 0 Å². The monoisotopic (exact) mass is 292 g/mol. The molecule has 0 aliphatic rings. The molecule has 1 N–H and O–H groups in total. The summed E-state index contributed by atoms with van der Waals surface area (Å²) in [5.74, 6) is -1.05. The van der Waals surface area contributed by atoms with Gasteiger partial charge in [0.2, 0.25) is 0 Å². The molecule has 0 aromatic carbocycles. The molecule has 1 aromatic heterocycles. The van der Waals surface area contributed by atoms with E-state index in [4.69, 9.17) is 23.2 Å². The maximum Gasteiger partial charge on any atom is 0.310 e. The number of hydrogen-bond donors (Lipinski definition) is 1. The Bertz CT molecular complexity index is 440. The molecule has 5 nitrogen and oxygen atoms in total. The van der Waals surface area contributed by atoms with Gasteiger partial charge in [0.15, 0.2) is 0 Å². The van der Waals surface area contributed by atoms with Gasteiger partial charge in [-0.2, -0.15) is 0 Å². The summed E-state index contributed by atoms with van der Waals surface area (Å²) in [4.78, 5) is 27.3. The van der Waals surface area contributed by atoms with E-state index in [2.05, 4.69) is 9.72 Å². The lowest BCUT2D eigenvalue weighted by Crippen LogP contribution is -2.34. The molecule has 0 fully saturated rings. The zero-order valence-electron chi connectivity index (χ0n) is 10.3. The lowest BCUT2D eigenvalue weighted by atomic mass is 10.1. The second-order valence-corrected chi connectivity index (χ2v) is 4.74. The quantitative estimate of drug-likeness (QED) is 0.866. The number of aromatic amines is 1. The number of carbonyl (C=O) groups is 2. The van der Waals surface area contributed by atoms with Crippen LogP contribution in [-0.4, -0.2) is 42.5 Å². The molecule has 1 heterocycles. The SMILES string of the molecule is COC(=O)C(C)CN(C)C(=O)c1cc(Cl)c(Cl)[nH]1. The Balaban J connectivity index is 2.70. The summed E-state index contributed by atoms with van der Waals surface area (Å²) in [6.07, 6.45) is 0. The predicted molar refractivity (Wildman–Crippen MR) is 69.0 cm³/mol. The Morgan fingerprint density at radius 3 is 2.56 bits per heavy atom. The highest BCUT2D eigenvalue weighted by Crippen LogP contribution is 2.22. The molecule has 18 heavy (non-hydrogen) atoms. The molecule has 100 valence electrons. The molecule has 7 heteroatoms. The van der Waals surface area contributed by atoms with Gasteiger partial charge in [0.05, 0.1) is 18.1 Å². The first kappa shape index (κ1) is 14.9. The Kier molecular flexibility index (Phi) is 5.04. The molecule has 0 aliphatic carbocycles. The molecule has 1 unspecified atom stereocenters. The first-order valence-corrected chi connectivity index (χ1v) is 5.99. The molecule has 0 saturated carbocycles. The van der Waals surface area contributed by atoms with Crippen molar-refractivity contribution in [3.8, 4) is 0 Å². The van der Waals surface area contributed by atoms with Gasteiger partial charge in [-0.15, -0.1) is 0 Å². The minimum absolute atomic E-state index is 0.217. The molecule has 1 aromatic rings. The van der Waals surface area contributed by atoms with Crippen molar-refractivity contribution in [3.63, 3.8) is 0 Å². The van der Waals surface area contributed by atoms with Crippen LogP contribution in [0, 0.1) is 5.92 Å². The molecule has 0 spiro atoms. The minimum Gasteiger partial charge on any atom is -0.469 e. The Hall–Kier alpha value is -1.20. The number of rotatable bonds is 4. The first-order valence-electron chi connectivity index (χ1n) is 5.24. The topological polar surface area (TPSA) is 62.4 Å². The normalized spacial score (nSPS) is 12.1. The predicted octanol–water partition coefficient (Wildman–Crippen LogP) is 2.20. The van der Waals surface area contributed by atoms with Crippen LogP contribution in [0.5, 0.6) is 0 Å². The number of halogens is 2. The zero-order valence-corrected chi connectivity index (χ0v) is 11.8. The summed E-state index contributed by atoms with van der Waals surface area (Å²) in [7, 11) is 2.90. The van der Waals surface area contributed by atoms with E-state index < -0.39 is 5.92 Å². The highest BCUT2D eigenvalue weighted by Gasteiger charge is 2.21. The van der Waals surface area contributed by atoms with Gasteiger partial charge in [-0.25, -0.2) is 0 Å². The van der Waals surface area contributed by atoms with Crippen LogP contribution in [0.15, 0.2) is 6.07 Å². The van der Waals surface area contributed by atoms with E-state index in [1.54, 1.807) is 14.0 Å². The number of nitrogens with one attached hydrogen (secondary N) is 1.